The van der Waals surface area contributed by atoms with Crippen molar-refractivity contribution in [3.8, 4) is 5.75 Å². The van der Waals surface area contributed by atoms with Crippen molar-refractivity contribution in [3.05, 3.63) is 71.7 Å². The Morgan fingerprint density at radius 1 is 1.22 bits per heavy atom. The van der Waals surface area contributed by atoms with Gasteiger partial charge < -0.3 is 15.2 Å². The minimum Gasteiger partial charge on any atom is -0.493 e. The zero-order valence-electron chi connectivity index (χ0n) is 14.5. The van der Waals surface area contributed by atoms with Gasteiger partial charge in [-0.3, -0.25) is 4.79 Å². The van der Waals surface area contributed by atoms with Gasteiger partial charge in [0.25, 0.3) is 5.91 Å². The van der Waals surface area contributed by atoms with Crippen LogP contribution in [0.2, 0.25) is 0 Å². The average molecular weight is 389 g/mol. The van der Waals surface area contributed by atoms with E-state index in [0.29, 0.717) is 23.5 Å². The van der Waals surface area contributed by atoms with Gasteiger partial charge in [-0.1, -0.05) is 30.3 Å². The molecule has 1 heterocycles. The Labute approximate surface area is 157 Å². The first-order valence-corrected chi connectivity index (χ1v) is 9.56. The monoisotopic (exact) mass is 389 g/mol. The number of hydrogen-bond acceptors (Lipinski definition) is 5. The standard InChI is InChI=1S/C18H19N3O5S/c1-13-9-15(7-8-16(13)21-11-17(22)20-27(21,24)25)26-12-18(23)19-10-14-5-3-2-4-6-14/h2-9,11,20,22H,10,12H2,1H3,(H,19,23). The van der Waals surface area contributed by atoms with Crippen molar-refractivity contribution in [2.24, 2.45) is 0 Å². The summed E-state index contributed by atoms with van der Waals surface area (Å²) in [5, 5.41) is 12.1. The highest BCUT2D eigenvalue weighted by molar-refractivity contribution is 7.91. The lowest BCUT2D eigenvalue weighted by Crippen LogP contribution is -2.30. The van der Waals surface area contributed by atoms with Gasteiger partial charge in [0.15, 0.2) is 6.61 Å². The van der Waals surface area contributed by atoms with Crippen LogP contribution in [0.4, 0.5) is 5.69 Å². The number of rotatable bonds is 6. The molecule has 9 heteroatoms. The minimum atomic E-state index is -3.85. The topological polar surface area (TPSA) is 108 Å². The fraction of sp³-hybridized carbons (Fsp3) is 0.167. The number of hydrogen-bond donors (Lipinski definition) is 3. The molecule has 2 aromatic rings. The van der Waals surface area contributed by atoms with E-state index in [1.807, 2.05) is 35.1 Å². The Kier molecular flexibility index (Phi) is 5.22. The maximum Gasteiger partial charge on any atom is 0.330 e. The summed E-state index contributed by atoms with van der Waals surface area (Å²) < 4.78 is 32.3. The predicted molar refractivity (Wildman–Crippen MR) is 100 cm³/mol. The maximum atomic E-state index is 11.9. The summed E-state index contributed by atoms with van der Waals surface area (Å²) in [6, 6.07) is 14.3. The molecule has 1 amide bonds. The average Bonchev–Trinajstić information content (AvgIpc) is 2.91. The minimum absolute atomic E-state index is 0.157. The smallest absolute Gasteiger partial charge is 0.330 e. The maximum absolute atomic E-state index is 11.9. The number of nitrogens with zero attached hydrogens (tertiary/aromatic N) is 1. The molecule has 8 nitrogen and oxygen atoms in total. The molecule has 0 saturated heterocycles. The van der Waals surface area contributed by atoms with Crippen molar-refractivity contribution in [1.29, 1.82) is 0 Å². The van der Waals surface area contributed by atoms with Gasteiger partial charge in [0.05, 0.1) is 11.9 Å². The molecule has 0 atom stereocenters. The number of aryl methyl sites for hydroxylation is 1. The molecule has 0 radical (unpaired) electrons. The molecule has 1 aliphatic rings. The SMILES string of the molecule is Cc1cc(OCC(=O)NCc2ccccc2)ccc1N1C=C(O)NS1(=O)=O. The van der Waals surface area contributed by atoms with Crippen molar-refractivity contribution in [2.75, 3.05) is 10.9 Å². The fourth-order valence-electron chi connectivity index (χ4n) is 2.55. The van der Waals surface area contributed by atoms with Gasteiger partial charge in [-0.2, -0.15) is 8.42 Å². The molecule has 0 bridgehead atoms. The number of carbonyl (C=O) groups is 1. The van der Waals surface area contributed by atoms with E-state index < -0.39 is 16.1 Å². The van der Waals surface area contributed by atoms with Crippen LogP contribution in [0.5, 0.6) is 5.75 Å². The van der Waals surface area contributed by atoms with Crippen LogP contribution in [0, 0.1) is 6.92 Å². The molecule has 2 aromatic carbocycles. The van der Waals surface area contributed by atoms with Crippen molar-refractivity contribution in [1.82, 2.24) is 10.0 Å². The number of aliphatic hydroxyl groups is 1. The van der Waals surface area contributed by atoms with Crippen LogP contribution >= 0.6 is 0 Å². The summed E-state index contributed by atoms with van der Waals surface area (Å²) in [6.07, 6.45) is 1.08. The molecule has 0 aliphatic carbocycles. The first kappa shape index (κ1) is 18.6. The molecule has 0 unspecified atom stereocenters. The van der Waals surface area contributed by atoms with E-state index in [1.165, 1.54) is 0 Å². The number of nitrogens with one attached hydrogen (secondary N) is 2. The van der Waals surface area contributed by atoms with Gasteiger partial charge in [-0.15, -0.1) is 0 Å². The Bertz CT molecular complexity index is 974. The molecule has 0 saturated carbocycles. The molecule has 0 aromatic heterocycles. The molecule has 3 N–H and O–H groups in total. The third kappa shape index (κ3) is 4.50. The Morgan fingerprint density at radius 3 is 2.59 bits per heavy atom. The first-order chi connectivity index (χ1) is 12.8. The van der Waals surface area contributed by atoms with E-state index in [0.717, 1.165) is 16.1 Å². The number of anilines is 1. The van der Waals surface area contributed by atoms with Gasteiger partial charge in [-0.05, 0) is 36.2 Å². The summed E-state index contributed by atoms with van der Waals surface area (Å²) in [5.41, 5.74) is 1.96. The largest absolute Gasteiger partial charge is 0.493 e. The lowest BCUT2D eigenvalue weighted by atomic mass is 10.2. The highest BCUT2D eigenvalue weighted by Gasteiger charge is 2.29. The normalized spacial score (nSPS) is 15.0. The van der Waals surface area contributed by atoms with E-state index >= 15 is 0 Å². The zero-order valence-corrected chi connectivity index (χ0v) is 15.4. The molecule has 1 aliphatic heterocycles. The van der Waals surface area contributed by atoms with Crippen LogP contribution in [0.15, 0.2) is 60.6 Å². The van der Waals surface area contributed by atoms with Gasteiger partial charge in [0.1, 0.15) is 5.75 Å². The van der Waals surface area contributed by atoms with Crippen LogP contribution in [0.1, 0.15) is 11.1 Å². The molecule has 3 rings (SSSR count). The lowest BCUT2D eigenvalue weighted by molar-refractivity contribution is -0.123. The highest BCUT2D eigenvalue weighted by Crippen LogP contribution is 2.29. The number of ether oxygens (including phenoxy) is 1. The summed E-state index contributed by atoms with van der Waals surface area (Å²) in [7, 11) is -3.85. The van der Waals surface area contributed by atoms with Gasteiger partial charge in [0.2, 0.25) is 5.88 Å². The summed E-state index contributed by atoms with van der Waals surface area (Å²) in [5.74, 6) is -0.284. The third-order valence-corrected chi connectivity index (χ3v) is 5.13. The fourth-order valence-corrected chi connectivity index (χ4v) is 3.67. The quantitative estimate of drug-likeness (QED) is 0.697. The summed E-state index contributed by atoms with van der Waals surface area (Å²) >= 11 is 0. The second kappa shape index (κ2) is 7.58. The number of amides is 1. The molecule has 142 valence electrons. The molecular weight excluding hydrogens is 370 g/mol. The molecule has 0 fully saturated rings. The Morgan fingerprint density at radius 2 is 1.96 bits per heavy atom. The van der Waals surface area contributed by atoms with Crippen molar-refractivity contribution in [3.63, 3.8) is 0 Å². The number of benzene rings is 2. The van der Waals surface area contributed by atoms with Gasteiger partial charge >= 0.3 is 10.2 Å². The van der Waals surface area contributed by atoms with Gasteiger partial charge in [0, 0.05) is 6.54 Å². The van der Waals surface area contributed by atoms with Crippen LogP contribution in [0.25, 0.3) is 0 Å². The van der Waals surface area contributed by atoms with Crippen molar-refractivity contribution >= 4 is 21.8 Å². The number of aliphatic hydroxyl groups excluding tert-OH is 1. The second-order valence-electron chi connectivity index (χ2n) is 5.92. The second-order valence-corrected chi connectivity index (χ2v) is 7.46. The summed E-state index contributed by atoms with van der Waals surface area (Å²) in [6.45, 7) is 1.96. The van der Waals surface area contributed by atoms with Crippen molar-refractivity contribution in [2.45, 2.75) is 13.5 Å². The molecular formula is C18H19N3O5S. The van der Waals surface area contributed by atoms with E-state index in [4.69, 9.17) is 4.74 Å². The van der Waals surface area contributed by atoms with E-state index in [2.05, 4.69) is 5.32 Å². The van der Waals surface area contributed by atoms with E-state index in [9.17, 15) is 18.3 Å². The zero-order chi connectivity index (χ0) is 19.4. The van der Waals surface area contributed by atoms with Crippen LogP contribution in [-0.2, 0) is 21.5 Å². The number of carbonyl (C=O) groups excluding carboxylic acids is 1. The molecule has 27 heavy (non-hydrogen) atoms. The van der Waals surface area contributed by atoms with E-state index in [-0.39, 0.29) is 12.5 Å². The first-order valence-electron chi connectivity index (χ1n) is 8.12. The third-order valence-electron chi connectivity index (χ3n) is 3.84. The van der Waals surface area contributed by atoms with Gasteiger partial charge in [-0.25, -0.2) is 9.03 Å². The Balaban J connectivity index is 1.59. The summed E-state index contributed by atoms with van der Waals surface area (Å²) in [4.78, 5) is 11.9. The predicted octanol–water partition coefficient (Wildman–Crippen LogP) is 1.70. The van der Waals surface area contributed by atoms with E-state index in [1.54, 1.807) is 25.1 Å². The van der Waals surface area contributed by atoms with Crippen molar-refractivity contribution < 1.29 is 23.1 Å². The van der Waals surface area contributed by atoms with Crippen LogP contribution in [0.3, 0.4) is 0 Å². The molecule has 0 spiro atoms. The van der Waals surface area contributed by atoms with Crippen LogP contribution < -0.4 is 19.1 Å². The Hall–Kier alpha value is -3.20. The van der Waals surface area contributed by atoms with Crippen LogP contribution in [-0.4, -0.2) is 26.0 Å². The highest BCUT2D eigenvalue weighted by atomic mass is 32.2. The lowest BCUT2D eigenvalue weighted by Gasteiger charge is -2.17.